The van der Waals surface area contributed by atoms with E-state index in [1.165, 1.54) is 18.3 Å². The summed E-state index contributed by atoms with van der Waals surface area (Å²) in [5, 5.41) is 13.6. The van der Waals surface area contributed by atoms with Crippen LogP contribution in [0.4, 0.5) is 11.4 Å². The molecule has 0 aliphatic heterocycles. The summed E-state index contributed by atoms with van der Waals surface area (Å²) in [6, 6.07) is 12.9. The molecule has 0 unspecified atom stereocenters. The Labute approximate surface area is 145 Å². The highest BCUT2D eigenvalue weighted by Gasteiger charge is 2.13. The van der Waals surface area contributed by atoms with Crippen LogP contribution in [0.1, 0.15) is 12.5 Å². The molecule has 0 spiro atoms. The molecule has 2 rings (SSSR count). The van der Waals surface area contributed by atoms with Crippen molar-refractivity contribution < 1.29 is 19.2 Å². The zero-order valence-electron chi connectivity index (χ0n) is 13.9. The summed E-state index contributed by atoms with van der Waals surface area (Å²) in [4.78, 5) is 22.4. The number of hydrogen-bond acceptors (Lipinski definition) is 6. The van der Waals surface area contributed by atoms with Crippen LogP contribution in [0.15, 0.2) is 54.7 Å². The number of nitrogens with one attached hydrogen (secondary N) is 1. The van der Waals surface area contributed by atoms with Gasteiger partial charge < -0.3 is 14.8 Å². The van der Waals surface area contributed by atoms with E-state index in [0.717, 1.165) is 0 Å². The van der Waals surface area contributed by atoms with Crippen molar-refractivity contribution >= 4 is 22.9 Å². The van der Waals surface area contributed by atoms with E-state index in [1.54, 1.807) is 50.4 Å². The van der Waals surface area contributed by atoms with Gasteiger partial charge >= 0.3 is 5.97 Å². The molecule has 130 valence electrons. The van der Waals surface area contributed by atoms with Crippen molar-refractivity contribution in [3.63, 3.8) is 0 Å². The Hall–Kier alpha value is -3.35. The van der Waals surface area contributed by atoms with Crippen LogP contribution in [0, 0.1) is 10.1 Å². The minimum Gasteiger partial charge on any atom is -0.497 e. The van der Waals surface area contributed by atoms with Crippen LogP contribution in [-0.2, 0) is 9.53 Å². The number of carbonyl (C=O) groups is 1. The van der Waals surface area contributed by atoms with E-state index in [1.807, 2.05) is 0 Å². The quantitative estimate of drug-likeness (QED) is 0.358. The zero-order chi connectivity index (χ0) is 18.2. The second-order valence-electron chi connectivity index (χ2n) is 4.96. The molecule has 0 aliphatic carbocycles. The van der Waals surface area contributed by atoms with Gasteiger partial charge in [-0.05, 0) is 36.8 Å². The molecule has 25 heavy (non-hydrogen) atoms. The van der Waals surface area contributed by atoms with Crippen molar-refractivity contribution in [1.82, 2.24) is 0 Å². The monoisotopic (exact) mass is 342 g/mol. The Kier molecular flexibility index (Phi) is 6.11. The van der Waals surface area contributed by atoms with E-state index >= 15 is 0 Å². The molecule has 0 amide bonds. The molecule has 0 saturated carbocycles. The van der Waals surface area contributed by atoms with E-state index < -0.39 is 10.9 Å². The van der Waals surface area contributed by atoms with Gasteiger partial charge in [-0.3, -0.25) is 10.1 Å². The van der Waals surface area contributed by atoms with E-state index in [2.05, 4.69) is 5.32 Å². The number of carbonyl (C=O) groups excluding carboxylic acids is 1. The van der Waals surface area contributed by atoms with Crippen LogP contribution in [0.2, 0.25) is 0 Å². The number of nitro groups is 1. The summed E-state index contributed by atoms with van der Waals surface area (Å²) in [5.74, 6) is 0.206. The second kappa shape index (κ2) is 8.49. The van der Waals surface area contributed by atoms with Crippen molar-refractivity contribution in [3.8, 4) is 5.75 Å². The molecular formula is C18H18N2O5. The molecule has 1 N–H and O–H groups in total. The van der Waals surface area contributed by atoms with Crippen molar-refractivity contribution in [3.05, 3.63) is 70.4 Å². The molecule has 0 aliphatic rings. The van der Waals surface area contributed by atoms with E-state index in [9.17, 15) is 14.9 Å². The van der Waals surface area contributed by atoms with Gasteiger partial charge in [-0.2, -0.15) is 0 Å². The Morgan fingerprint density at radius 1 is 1.16 bits per heavy atom. The van der Waals surface area contributed by atoms with Gasteiger partial charge in [0, 0.05) is 24.0 Å². The lowest BCUT2D eigenvalue weighted by atomic mass is 10.1. The van der Waals surface area contributed by atoms with Gasteiger partial charge in [0.2, 0.25) is 0 Å². The van der Waals surface area contributed by atoms with Gasteiger partial charge in [-0.1, -0.05) is 12.1 Å². The van der Waals surface area contributed by atoms with E-state index in [0.29, 0.717) is 22.6 Å². The molecule has 7 nitrogen and oxygen atoms in total. The molecule has 2 aromatic rings. The Morgan fingerprint density at radius 2 is 1.80 bits per heavy atom. The zero-order valence-corrected chi connectivity index (χ0v) is 13.9. The predicted molar refractivity (Wildman–Crippen MR) is 94.3 cm³/mol. The molecule has 0 atom stereocenters. The minimum absolute atomic E-state index is 0.00435. The summed E-state index contributed by atoms with van der Waals surface area (Å²) in [5.41, 5.74) is 1.60. The largest absolute Gasteiger partial charge is 0.497 e. The molecule has 0 radical (unpaired) electrons. The minimum atomic E-state index is -0.471. The standard InChI is InChI=1S/C18H18N2O5/c1-3-25-18(21)17(13-4-10-16(24-2)11-5-13)12-19-14-6-8-15(9-7-14)20(22)23/h4-12,19H,3H2,1-2H3/b17-12+. The van der Waals surface area contributed by atoms with Crippen LogP contribution < -0.4 is 10.1 Å². The summed E-state index contributed by atoms with van der Waals surface area (Å²) in [6.45, 7) is 1.98. The van der Waals surface area contributed by atoms with Gasteiger partial charge in [0.05, 0.1) is 24.2 Å². The summed E-state index contributed by atoms with van der Waals surface area (Å²) >= 11 is 0. The predicted octanol–water partition coefficient (Wildman–Crippen LogP) is 3.62. The highest BCUT2D eigenvalue weighted by Crippen LogP contribution is 2.21. The molecule has 0 bridgehead atoms. The van der Waals surface area contributed by atoms with Crippen molar-refractivity contribution in [1.29, 1.82) is 0 Å². The van der Waals surface area contributed by atoms with Gasteiger partial charge in [0.15, 0.2) is 0 Å². The number of nitrogens with zero attached hydrogens (tertiary/aromatic N) is 1. The van der Waals surface area contributed by atoms with Crippen LogP contribution in [-0.4, -0.2) is 24.6 Å². The third-order valence-corrected chi connectivity index (χ3v) is 3.36. The van der Waals surface area contributed by atoms with Crippen molar-refractivity contribution in [2.75, 3.05) is 19.0 Å². The van der Waals surface area contributed by atoms with Crippen LogP contribution >= 0.6 is 0 Å². The lowest BCUT2D eigenvalue weighted by Crippen LogP contribution is -2.08. The number of nitro benzene ring substituents is 1. The average Bonchev–Trinajstić information content (AvgIpc) is 2.63. The maximum absolute atomic E-state index is 12.2. The Morgan fingerprint density at radius 3 is 2.32 bits per heavy atom. The third kappa shape index (κ3) is 4.81. The molecule has 0 aromatic heterocycles. The van der Waals surface area contributed by atoms with Gasteiger partial charge in [0.1, 0.15) is 5.75 Å². The number of methoxy groups -OCH3 is 1. The number of hydrogen-bond donors (Lipinski definition) is 1. The molecule has 0 fully saturated rings. The molecule has 0 heterocycles. The molecule has 2 aromatic carbocycles. The van der Waals surface area contributed by atoms with E-state index in [4.69, 9.17) is 9.47 Å². The fourth-order valence-corrected chi connectivity index (χ4v) is 2.07. The number of ether oxygens (including phenoxy) is 2. The van der Waals surface area contributed by atoms with Crippen LogP contribution in [0.25, 0.3) is 5.57 Å². The topological polar surface area (TPSA) is 90.7 Å². The highest BCUT2D eigenvalue weighted by molar-refractivity contribution is 6.16. The van der Waals surface area contributed by atoms with Crippen LogP contribution in [0.3, 0.4) is 0 Å². The van der Waals surface area contributed by atoms with Crippen LogP contribution in [0.5, 0.6) is 5.75 Å². The SMILES string of the molecule is CCOC(=O)/C(=C/Nc1ccc([N+](=O)[O-])cc1)c1ccc(OC)cc1. The summed E-state index contributed by atoms with van der Waals surface area (Å²) in [7, 11) is 1.56. The maximum Gasteiger partial charge on any atom is 0.340 e. The lowest BCUT2D eigenvalue weighted by Gasteiger charge is -2.09. The first kappa shape index (κ1) is 18.0. The third-order valence-electron chi connectivity index (χ3n) is 3.36. The summed E-state index contributed by atoms with van der Waals surface area (Å²) < 4.78 is 10.2. The number of non-ortho nitro benzene ring substituents is 1. The number of esters is 1. The lowest BCUT2D eigenvalue weighted by molar-refractivity contribution is -0.384. The molecule has 0 saturated heterocycles. The first-order valence-corrected chi connectivity index (χ1v) is 7.58. The fourth-order valence-electron chi connectivity index (χ4n) is 2.07. The first-order chi connectivity index (χ1) is 12.0. The first-order valence-electron chi connectivity index (χ1n) is 7.58. The fraction of sp³-hybridized carbons (Fsp3) is 0.167. The smallest absolute Gasteiger partial charge is 0.340 e. The number of anilines is 1. The van der Waals surface area contributed by atoms with Crippen molar-refractivity contribution in [2.24, 2.45) is 0 Å². The Balaban J connectivity index is 2.25. The molecule has 7 heteroatoms. The Bertz CT molecular complexity index is 767. The van der Waals surface area contributed by atoms with Gasteiger partial charge in [-0.15, -0.1) is 0 Å². The highest BCUT2D eigenvalue weighted by atomic mass is 16.6. The number of rotatable bonds is 7. The normalized spacial score (nSPS) is 10.9. The molecular weight excluding hydrogens is 324 g/mol. The second-order valence-corrected chi connectivity index (χ2v) is 4.96. The maximum atomic E-state index is 12.2. The van der Waals surface area contributed by atoms with E-state index in [-0.39, 0.29) is 12.3 Å². The average molecular weight is 342 g/mol. The van der Waals surface area contributed by atoms with Gasteiger partial charge in [0.25, 0.3) is 5.69 Å². The van der Waals surface area contributed by atoms with Crippen molar-refractivity contribution in [2.45, 2.75) is 6.92 Å². The number of benzene rings is 2. The summed E-state index contributed by atoms with van der Waals surface area (Å²) in [6.07, 6.45) is 1.51. The van der Waals surface area contributed by atoms with Gasteiger partial charge in [-0.25, -0.2) is 4.79 Å².